The van der Waals surface area contributed by atoms with Crippen molar-refractivity contribution in [2.75, 3.05) is 19.1 Å². The molecule has 4 aromatic rings. The lowest BCUT2D eigenvalue weighted by molar-refractivity contribution is 0.221. The van der Waals surface area contributed by atoms with Crippen molar-refractivity contribution >= 4 is 53.9 Å². The molecule has 0 saturated heterocycles. The first kappa shape index (κ1) is 27.9. The highest BCUT2D eigenvalue weighted by Crippen LogP contribution is 2.68. The number of rotatable bonds is 11. The summed E-state index contributed by atoms with van der Waals surface area (Å²) in [6.45, 7) is 4.08. The maximum atomic E-state index is 14.1. The summed E-state index contributed by atoms with van der Waals surface area (Å²) in [6.07, 6.45) is 0. The molecule has 8 heteroatoms. The molecule has 0 heterocycles. The number of benzene rings is 4. The van der Waals surface area contributed by atoms with Crippen LogP contribution in [0, 0.1) is 0 Å². The lowest BCUT2D eigenvalue weighted by atomic mass is 10.4. The molecule has 4 nitrogen and oxygen atoms in total. The van der Waals surface area contributed by atoms with Gasteiger partial charge < -0.3 is 0 Å². The first-order valence-electron chi connectivity index (χ1n) is 12.3. The fourth-order valence-corrected chi connectivity index (χ4v) is 18.9. The van der Waals surface area contributed by atoms with E-state index in [2.05, 4.69) is 48.5 Å². The van der Waals surface area contributed by atoms with Crippen LogP contribution in [0.4, 0.5) is 0 Å². The summed E-state index contributed by atoms with van der Waals surface area (Å²) in [7, 11) is -6.57. The van der Waals surface area contributed by atoms with Gasteiger partial charge in [0.05, 0.1) is 13.2 Å². The van der Waals surface area contributed by atoms with Gasteiger partial charge in [0.25, 0.3) is 0 Å². The van der Waals surface area contributed by atoms with Gasteiger partial charge in [-0.25, -0.2) is 4.57 Å². The van der Waals surface area contributed by atoms with Gasteiger partial charge in [0.1, 0.15) is 0 Å². The van der Waals surface area contributed by atoms with Crippen LogP contribution in [0.15, 0.2) is 126 Å². The Bertz CT molecular complexity index is 1340. The topological polar surface area (TPSA) is 47.9 Å². The van der Waals surface area contributed by atoms with E-state index in [1.807, 2.05) is 86.6 Å². The summed E-state index contributed by atoms with van der Waals surface area (Å²) >= 11 is 6.71. The van der Waals surface area contributed by atoms with E-state index in [9.17, 15) is 4.57 Å². The molecule has 0 radical (unpaired) electrons. The van der Waals surface area contributed by atoms with Gasteiger partial charge in [0.15, 0.2) is 0 Å². The number of hydrogen-bond donors (Lipinski definition) is 0. The molecule has 0 atom stereocenters. The van der Waals surface area contributed by atoms with Crippen molar-refractivity contribution in [2.24, 2.45) is 4.52 Å². The van der Waals surface area contributed by atoms with Gasteiger partial charge in [0, 0.05) is 19.0 Å². The zero-order chi connectivity index (χ0) is 26.2. The molecule has 0 saturated carbocycles. The SMILES string of the molecule is CCOP(=O)(N=P(CP(=S)(c1ccccc1)c1ccccc1)(c1ccccc1)c1ccccc1)OCC. The molecule has 0 bridgehead atoms. The average molecular weight is 568 g/mol. The second-order valence-corrected chi connectivity index (χ2v) is 18.6. The summed E-state index contributed by atoms with van der Waals surface area (Å²) in [5.74, 6) is 0.543. The predicted octanol–water partition coefficient (Wildman–Crippen LogP) is 7.11. The molecule has 0 amide bonds. The molecule has 0 unspecified atom stereocenters. The van der Waals surface area contributed by atoms with E-state index in [0.717, 1.165) is 21.2 Å². The number of hydrogen-bond acceptors (Lipinski definition) is 4. The summed E-state index contributed by atoms with van der Waals surface area (Å²) in [6, 6.07) is 38.4. The Morgan fingerprint density at radius 1 is 0.595 bits per heavy atom. The van der Waals surface area contributed by atoms with Gasteiger partial charge in [-0.15, -0.1) is 0 Å². The summed E-state index contributed by atoms with van der Waals surface area (Å²) < 4.78 is 30.8. The van der Waals surface area contributed by atoms with E-state index in [4.69, 9.17) is 25.4 Å². The second-order valence-electron chi connectivity index (χ2n) is 8.39. The third kappa shape index (κ3) is 6.32. The second kappa shape index (κ2) is 12.6. The van der Waals surface area contributed by atoms with E-state index in [-0.39, 0.29) is 13.2 Å². The molecule has 37 heavy (non-hydrogen) atoms. The normalized spacial score (nSPS) is 12.3. The molecule has 192 valence electrons. The number of nitrogens with zero attached hydrogens (tertiary/aromatic N) is 1. The third-order valence-corrected chi connectivity index (χ3v) is 19.3. The zero-order valence-corrected chi connectivity index (χ0v) is 24.6. The summed E-state index contributed by atoms with van der Waals surface area (Å²) in [4.78, 5) is 0. The third-order valence-electron chi connectivity index (χ3n) is 5.96. The standard InChI is InChI=1S/C29H32NO3P3S/c1-3-32-36(31,33-4-2)30-34(26-17-9-5-10-18-26,27-19-11-6-12-20-27)25-35(37,28-21-13-7-14-22-28)29-23-15-8-16-24-29/h5-24H,3-4,25H2,1-2H3. The van der Waals surface area contributed by atoms with Crippen LogP contribution in [0.25, 0.3) is 0 Å². The highest BCUT2D eigenvalue weighted by atomic mass is 32.4. The molecule has 0 fully saturated rings. The molecule has 0 aromatic heterocycles. The smallest absolute Gasteiger partial charge is 0.291 e. The fraction of sp³-hybridized carbons (Fsp3) is 0.172. The molecule has 0 aliphatic carbocycles. The maximum Gasteiger partial charge on any atom is 0.453 e. The Morgan fingerprint density at radius 3 is 1.24 bits per heavy atom. The van der Waals surface area contributed by atoms with Crippen molar-refractivity contribution in [3.63, 3.8) is 0 Å². The van der Waals surface area contributed by atoms with Crippen LogP contribution < -0.4 is 21.2 Å². The Hall–Kier alpha value is -2.09. The molecule has 0 aliphatic rings. The molecular formula is C29H32NO3P3S. The van der Waals surface area contributed by atoms with Gasteiger partial charge >= 0.3 is 7.75 Å². The lowest BCUT2D eigenvalue weighted by Gasteiger charge is -2.34. The monoisotopic (exact) mass is 567 g/mol. The Labute approximate surface area is 225 Å². The molecule has 0 aliphatic heterocycles. The molecular weight excluding hydrogens is 535 g/mol. The molecule has 0 N–H and O–H groups in total. The largest absolute Gasteiger partial charge is 0.453 e. The van der Waals surface area contributed by atoms with Crippen molar-refractivity contribution in [3.8, 4) is 0 Å². The van der Waals surface area contributed by atoms with E-state index in [1.54, 1.807) is 0 Å². The molecule has 4 rings (SSSR count). The van der Waals surface area contributed by atoms with E-state index in [0.29, 0.717) is 5.90 Å². The quantitative estimate of drug-likeness (QED) is 0.181. The minimum Gasteiger partial charge on any atom is -0.291 e. The molecule has 4 aromatic carbocycles. The Balaban J connectivity index is 2.11. The van der Waals surface area contributed by atoms with Gasteiger partial charge in [-0.1, -0.05) is 133 Å². The van der Waals surface area contributed by atoms with E-state index >= 15 is 0 Å². The van der Waals surface area contributed by atoms with Crippen molar-refractivity contribution in [2.45, 2.75) is 13.8 Å². The fourth-order valence-electron chi connectivity index (χ4n) is 4.33. The van der Waals surface area contributed by atoms with Gasteiger partial charge in [-0.05, 0) is 35.1 Å². The van der Waals surface area contributed by atoms with Crippen molar-refractivity contribution in [3.05, 3.63) is 121 Å². The first-order valence-corrected chi connectivity index (χ1v) is 18.7. The van der Waals surface area contributed by atoms with Gasteiger partial charge in [-0.2, -0.15) is 4.52 Å². The molecule has 0 spiro atoms. The van der Waals surface area contributed by atoms with Crippen molar-refractivity contribution in [1.29, 1.82) is 0 Å². The van der Waals surface area contributed by atoms with Gasteiger partial charge in [0.2, 0.25) is 0 Å². The van der Waals surface area contributed by atoms with E-state index < -0.39 is 20.8 Å². The highest BCUT2D eigenvalue weighted by Gasteiger charge is 2.38. The minimum atomic E-state index is -3.80. The van der Waals surface area contributed by atoms with Crippen molar-refractivity contribution < 1.29 is 13.6 Å². The maximum absolute atomic E-state index is 14.1. The summed E-state index contributed by atoms with van der Waals surface area (Å²) in [5.41, 5.74) is 0. The van der Waals surface area contributed by atoms with Crippen LogP contribution in [-0.2, 0) is 25.4 Å². The van der Waals surface area contributed by atoms with Gasteiger partial charge in [-0.3, -0.25) is 9.05 Å². The minimum absolute atomic E-state index is 0.232. The van der Waals surface area contributed by atoms with Crippen LogP contribution in [0.2, 0.25) is 0 Å². The zero-order valence-electron chi connectivity index (χ0n) is 21.1. The summed E-state index contributed by atoms with van der Waals surface area (Å²) in [5, 5.41) is 4.21. The van der Waals surface area contributed by atoms with Crippen LogP contribution in [0.5, 0.6) is 0 Å². The lowest BCUT2D eigenvalue weighted by Crippen LogP contribution is -2.25. The van der Waals surface area contributed by atoms with Crippen LogP contribution in [0.1, 0.15) is 13.8 Å². The first-order chi connectivity index (χ1) is 18.0. The van der Waals surface area contributed by atoms with E-state index in [1.165, 1.54) is 0 Å². The Morgan fingerprint density at radius 2 is 0.919 bits per heavy atom. The predicted molar refractivity (Wildman–Crippen MR) is 164 cm³/mol. The van der Waals surface area contributed by atoms with Crippen LogP contribution in [0.3, 0.4) is 0 Å². The van der Waals surface area contributed by atoms with Crippen LogP contribution >= 0.6 is 20.8 Å². The average Bonchev–Trinajstić information content (AvgIpc) is 2.95. The van der Waals surface area contributed by atoms with Crippen molar-refractivity contribution in [1.82, 2.24) is 0 Å². The van der Waals surface area contributed by atoms with Crippen LogP contribution in [-0.4, -0.2) is 19.1 Å². The highest BCUT2D eigenvalue weighted by molar-refractivity contribution is 8.25. The Kier molecular flexibility index (Phi) is 9.54.